The SMILES string of the molecule is NC1CC2CCCC(C1)C2NC(=O)CCc1ccc(F)cc1. The molecular formula is C18H25FN2O. The van der Waals surface area contributed by atoms with Gasteiger partial charge >= 0.3 is 0 Å². The molecule has 2 saturated carbocycles. The van der Waals surface area contributed by atoms with Gasteiger partial charge in [-0.25, -0.2) is 4.39 Å². The van der Waals surface area contributed by atoms with Crippen LogP contribution in [0.25, 0.3) is 0 Å². The molecule has 2 fully saturated rings. The monoisotopic (exact) mass is 304 g/mol. The van der Waals surface area contributed by atoms with Gasteiger partial charge in [0.05, 0.1) is 0 Å². The number of nitrogens with one attached hydrogen (secondary N) is 1. The second-order valence-corrected chi connectivity index (χ2v) is 6.90. The Labute approximate surface area is 131 Å². The lowest BCUT2D eigenvalue weighted by atomic mass is 9.67. The topological polar surface area (TPSA) is 55.1 Å². The normalized spacial score (nSPS) is 30.8. The van der Waals surface area contributed by atoms with Crippen LogP contribution in [-0.2, 0) is 11.2 Å². The van der Waals surface area contributed by atoms with E-state index in [1.807, 2.05) is 0 Å². The number of nitrogens with two attached hydrogens (primary N) is 1. The second kappa shape index (κ2) is 6.78. The van der Waals surface area contributed by atoms with Crippen molar-refractivity contribution < 1.29 is 9.18 Å². The molecule has 2 aliphatic carbocycles. The van der Waals surface area contributed by atoms with Crippen LogP contribution in [0.2, 0.25) is 0 Å². The molecule has 0 aliphatic heterocycles. The predicted molar refractivity (Wildman–Crippen MR) is 84.7 cm³/mol. The van der Waals surface area contributed by atoms with Crippen molar-refractivity contribution in [1.29, 1.82) is 0 Å². The molecule has 1 aromatic carbocycles. The van der Waals surface area contributed by atoms with Crippen molar-refractivity contribution in [1.82, 2.24) is 5.32 Å². The van der Waals surface area contributed by atoms with Gasteiger partial charge in [0.25, 0.3) is 0 Å². The number of rotatable bonds is 4. The van der Waals surface area contributed by atoms with Gasteiger partial charge in [-0.1, -0.05) is 18.6 Å². The number of hydrogen-bond acceptors (Lipinski definition) is 2. The molecule has 3 rings (SSSR count). The third kappa shape index (κ3) is 3.67. The standard InChI is InChI=1S/C18H25FN2O/c19-15-7-4-12(5-8-15)6-9-17(22)21-18-13-2-1-3-14(18)11-16(20)10-13/h4-5,7-8,13-14,16,18H,1-3,6,9-11,20H2,(H,21,22). The fourth-order valence-electron chi connectivity index (χ4n) is 4.19. The zero-order valence-corrected chi connectivity index (χ0v) is 12.9. The van der Waals surface area contributed by atoms with E-state index in [1.54, 1.807) is 12.1 Å². The first-order chi connectivity index (χ1) is 10.6. The van der Waals surface area contributed by atoms with Crippen LogP contribution in [0.4, 0.5) is 4.39 Å². The molecule has 1 amide bonds. The van der Waals surface area contributed by atoms with Crippen LogP contribution >= 0.6 is 0 Å². The zero-order chi connectivity index (χ0) is 15.5. The molecule has 2 unspecified atom stereocenters. The zero-order valence-electron chi connectivity index (χ0n) is 12.9. The van der Waals surface area contributed by atoms with Gasteiger partial charge in [-0.05, 0) is 61.6 Å². The first-order valence-electron chi connectivity index (χ1n) is 8.41. The lowest BCUT2D eigenvalue weighted by Crippen LogP contribution is -2.53. The molecule has 4 heteroatoms. The Morgan fingerprint density at radius 2 is 1.82 bits per heavy atom. The molecule has 22 heavy (non-hydrogen) atoms. The van der Waals surface area contributed by atoms with Crippen molar-refractivity contribution in [3.63, 3.8) is 0 Å². The minimum absolute atomic E-state index is 0.113. The minimum Gasteiger partial charge on any atom is -0.353 e. The Morgan fingerprint density at radius 3 is 2.45 bits per heavy atom. The molecule has 0 spiro atoms. The molecule has 120 valence electrons. The Morgan fingerprint density at radius 1 is 1.18 bits per heavy atom. The van der Waals surface area contributed by atoms with Crippen LogP contribution in [0.1, 0.15) is 44.1 Å². The van der Waals surface area contributed by atoms with E-state index in [0.717, 1.165) is 18.4 Å². The smallest absolute Gasteiger partial charge is 0.220 e. The number of carbonyl (C=O) groups is 1. The van der Waals surface area contributed by atoms with E-state index >= 15 is 0 Å². The largest absolute Gasteiger partial charge is 0.353 e. The van der Waals surface area contributed by atoms with Crippen LogP contribution in [0.3, 0.4) is 0 Å². The van der Waals surface area contributed by atoms with Gasteiger partial charge in [-0.3, -0.25) is 4.79 Å². The number of aryl methyl sites for hydroxylation is 1. The average Bonchev–Trinajstić information content (AvgIpc) is 2.48. The summed E-state index contributed by atoms with van der Waals surface area (Å²) in [5.74, 6) is 0.982. The third-order valence-electron chi connectivity index (χ3n) is 5.26. The summed E-state index contributed by atoms with van der Waals surface area (Å²) >= 11 is 0. The van der Waals surface area contributed by atoms with Gasteiger partial charge in [-0.2, -0.15) is 0 Å². The maximum atomic E-state index is 12.9. The van der Waals surface area contributed by atoms with Crippen LogP contribution in [0.5, 0.6) is 0 Å². The van der Waals surface area contributed by atoms with Gasteiger partial charge in [0, 0.05) is 18.5 Å². The molecule has 0 heterocycles. The summed E-state index contributed by atoms with van der Waals surface area (Å²) in [5, 5.41) is 3.25. The molecule has 0 aromatic heterocycles. The van der Waals surface area contributed by atoms with Crippen molar-refractivity contribution in [3.05, 3.63) is 35.6 Å². The predicted octanol–water partition coefficient (Wildman–Crippen LogP) is 2.78. The maximum Gasteiger partial charge on any atom is 0.220 e. The van der Waals surface area contributed by atoms with Crippen molar-refractivity contribution in [2.45, 2.75) is 57.0 Å². The highest BCUT2D eigenvalue weighted by Crippen LogP contribution is 2.39. The summed E-state index contributed by atoms with van der Waals surface area (Å²) in [6.07, 6.45) is 6.85. The van der Waals surface area contributed by atoms with E-state index < -0.39 is 0 Å². The molecule has 0 radical (unpaired) electrons. The summed E-state index contributed by atoms with van der Waals surface area (Å²) in [6, 6.07) is 7.01. The van der Waals surface area contributed by atoms with E-state index in [4.69, 9.17) is 5.73 Å². The summed E-state index contributed by atoms with van der Waals surface area (Å²) in [7, 11) is 0. The lowest BCUT2D eigenvalue weighted by molar-refractivity contribution is -0.123. The van der Waals surface area contributed by atoms with Crippen LogP contribution in [0, 0.1) is 17.7 Å². The highest BCUT2D eigenvalue weighted by atomic mass is 19.1. The van der Waals surface area contributed by atoms with E-state index in [-0.39, 0.29) is 11.7 Å². The number of halogens is 1. The van der Waals surface area contributed by atoms with Crippen LogP contribution in [-0.4, -0.2) is 18.0 Å². The highest BCUT2D eigenvalue weighted by molar-refractivity contribution is 5.76. The van der Waals surface area contributed by atoms with Crippen LogP contribution in [0.15, 0.2) is 24.3 Å². The number of amides is 1. The van der Waals surface area contributed by atoms with E-state index in [9.17, 15) is 9.18 Å². The summed E-state index contributed by atoms with van der Waals surface area (Å²) in [5.41, 5.74) is 7.12. The lowest BCUT2D eigenvalue weighted by Gasteiger charge is -2.45. The summed E-state index contributed by atoms with van der Waals surface area (Å²) in [6.45, 7) is 0. The Balaban J connectivity index is 1.52. The minimum atomic E-state index is -0.237. The average molecular weight is 304 g/mol. The van der Waals surface area contributed by atoms with Crippen molar-refractivity contribution in [2.24, 2.45) is 17.6 Å². The van der Waals surface area contributed by atoms with Crippen molar-refractivity contribution in [2.75, 3.05) is 0 Å². The fourth-order valence-corrected chi connectivity index (χ4v) is 4.19. The Hall–Kier alpha value is -1.42. The highest BCUT2D eigenvalue weighted by Gasteiger charge is 2.39. The van der Waals surface area contributed by atoms with Gasteiger partial charge in [0.15, 0.2) is 0 Å². The summed E-state index contributed by atoms with van der Waals surface area (Å²) in [4.78, 5) is 12.2. The Bertz CT molecular complexity index is 502. The third-order valence-corrected chi connectivity index (χ3v) is 5.26. The van der Waals surface area contributed by atoms with E-state index in [2.05, 4.69) is 5.32 Å². The van der Waals surface area contributed by atoms with Gasteiger partial charge in [0.1, 0.15) is 5.82 Å². The van der Waals surface area contributed by atoms with E-state index in [0.29, 0.717) is 36.8 Å². The molecule has 3 N–H and O–H groups in total. The maximum absolute atomic E-state index is 12.9. The second-order valence-electron chi connectivity index (χ2n) is 6.90. The first-order valence-corrected chi connectivity index (χ1v) is 8.41. The molecule has 2 bridgehead atoms. The van der Waals surface area contributed by atoms with Crippen molar-refractivity contribution >= 4 is 5.91 Å². The first kappa shape index (κ1) is 15.5. The number of fused-ring (bicyclic) bond motifs is 2. The number of carbonyl (C=O) groups excluding carboxylic acids is 1. The van der Waals surface area contributed by atoms with E-state index in [1.165, 1.54) is 31.4 Å². The molecule has 1 aromatic rings. The fraction of sp³-hybridized carbons (Fsp3) is 0.611. The van der Waals surface area contributed by atoms with Crippen molar-refractivity contribution in [3.8, 4) is 0 Å². The van der Waals surface area contributed by atoms with Gasteiger partial charge < -0.3 is 11.1 Å². The molecular weight excluding hydrogens is 279 g/mol. The van der Waals surface area contributed by atoms with Gasteiger partial charge in [0.2, 0.25) is 5.91 Å². The molecule has 0 saturated heterocycles. The molecule has 2 atom stereocenters. The molecule has 2 aliphatic rings. The Kier molecular flexibility index (Phi) is 4.77. The summed E-state index contributed by atoms with van der Waals surface area (Å²) < 4.78 is 12.9. The number of benzene rings is 1. The number of hydrogen-bond donors (Lipinski definition) is 2. The molecule has 3 nitrogen and oxygen atoms in total. The quantitative estimate of drug-likeness (QED) is 0.898. The van der Waals surface area contributed by atoms with Crippen LogP contribution < -0.4 is 11.1 Å². The van der Waals surface area contributed by atoms with Gasteiger partial charge in [-0.15, -0.1) is 0 Å².